The van der Waals surface area contributed by atoms with E-state index in [0.29, 0.717) is 5.69 Å². The lowest BCUT2D eigenvalue weighted by atomic mass is 9.99. The molecule has 0 saturated carbocycles. The molecule has 0 atom stereocenters. The molecule has 120 valence electrons. The highest BCUT2D eigenvalue weighted by atomic mass is 16.1. The van der Waals surface area contributed by atoms with E-state index in [1.54, 1.807) is 4.68 Å². The molecule has 0 saturated heterocycles. The van der Waals surface area contributed by atoms with Crippen molar-refractivity contribution in [1.82, 2.24) is 9.78 Å². The second kappa shape index (κ2) is 6.57. The molecule has 4 rings (SSSR count). The van der Waals surface area contributed by atoms with Crippen molar-refractivity contribution in [3.05, 3.63) is 96.7 Å². The first-order valence-electron chi connectivity index (χ1n) is 8.13. The van der Waals surface area contributed by atoms with Crippen molar-refractivity contribution >= 4 is 6.29 Å². The number of para-hydroxylation sites is 1. The lowest BCUT2D eigenvalue weighted by Gasteiger charge is -2.05. The van der Waals surface area contributed by atoms with Crippen LogP contribution in [-0.2, 0) is 0 Å². The van der Waals surface area contributed by atoms with Gasteiger partial charge in [-0.1, -0.05) is 78.9 Å². The Balaban J connectivity index is 2.03. The molecule has 25 heavy (non-hydrogen) atoms. The first-order chi connectivity index (χ1) is 12.4. The van der Waals surface area contributed by atoms with E-state index >= 15 is 0 Å². The van der Waals surface area contributed by atoms with Gasteiger partial charge in [0.25, 0.3) is 0 Å². The highest BCUT2D eigenvalue weighted by Crippen LogP contribution is 2.34. The second-order valence-electron chi connectivity index (χ2n) is 5.71. The van der Waals surface area contributed by atoms with Crippen LogP contribution in [0.3, 0.4) is 0 Å². The quantitative estimate of drug-likeness (QED) is 0.494. The van der Waals surface area contributed by atoms with E-state index in [0.717, 1.165) is 34.4 Å². The predicted molar refractivity (Wildman–Crippen MR) is 99.8 cm³/mol. The third-order valence-corrected chi connectivity index (χ3v) is 4.14. The minimum absolute atomic E-state index is 0.552. The van der Waals surface area contributed by atoms with Crippen LogP contribution in [0.2, 0.25) is 0 Å². The number of aldehydes is 1. The maximum atomic E-state index is 12.0. The van der Waals surface area contributed by atoms with Crippen LogP contribution in [0.25, 0.3) is 28.1 Å². The summed E-state index contributed by atoms with van der Waals surface area (Å²) in [4.78, 5) is 12.0. The van der Waals surface area contributed by atoms with Crippen molar-refractivity contribution in [1.29, 1.82) is 0 Å². The predicted octanol–water partition coefficient (Wildman–Crippen LogP) is 5.02. The monoisotopic (exact) mass is 324 g/mol. The van der Waals surface area contributed by atoms with Crippen LogP contribution in [-0.4, -0.2) is 16.1 Å². The van der Waals surface area contributed by atoms with E-state index in [1.165, 1.54) is 0 Å². The molecule has 0 N–H and O–H groups in total. The van der Waals surface area contributed by atoms with E-state index < -0.39 is 0 Å². The number of benzene rings is 3. The van der Waals surface area contributed by atoms with Crippen LogP contribution in [0, 0.1) is 0 Å². The molecule has 3 nitrogen and oxygen atoms in total. The fraction of sp³-hybridized carbons (Fsp3) is 0. The maximum absolute atomic E-state index is 12.0. The van der Waals surface area contributed by atoms with Crippen molar-refractivity contribution in [3.63, 3.8) is 0 Å². The number of carbonyl (C=O) groups excluding carboxylic acids is 1. The Labute approximate surface area is 146 Å². The van der Waals surface area contributed by atoms with Crippen molar-refractivity contribution < 1.29 is 4.79 Å². The molecular formula is C22H16N2O. The molecule has 0 fully saturated rings. The zero-order valence-corrected chi connectivity index (χ0v) is 13.5. The summed E-state index contributed by atoms with van der Waals surface area (Å²) >= 11 is 0. The molecule has 4 aromatic rings. The van der Waals surface area contributed by atoms with E-state index in [9.17, 15) is 4.79 Å². The van der Waals surface area contributed by atoms with E-state index in [2.05, 4.69) is 0 Å². The highest BCUT2D eigenvalue weighted by molar-refractivity contribution is 5.94. The van der Waals surface area contributed by atoms with Crippen molar-refractivity contribution in [2.75, 3.05) is 0 Å². The summed E-state index contributed by atoms with van der Waals surface area (Å²) in [6, 6.07) is 29.6. The van der Waals surface area contributed by atoms with E-state index in [1.807, 2.05) is 91.0 Å². The summed E-state index contributed by atoms with van der Waals surface area (Å²) in [6.07, 6.45) is 0.884. The Morgan fingerprint density at radius 3 is 1.76 bits per heavy atom. The van der Waals surface area contributed by atoms with Crippen LogP contribution in [0.5, 0.6) is 0 Å². The summed E-state index contributed by atoms with van der Waals surface area (Å²) in [5, 5.41) is 4.78. The van der Waals surface area contributed by atoms with Gasteiger partial charge in [0.15, 0.2) is 6.29 Å². The second-order valence-corrected chi connectivity index (χ2v) is 5.71. The lowest BCUT2D eigenvalue weighted by molar-refractivity contribution is 0.111. The van der Waals surface area contributed by atoms with Crippen LogP contribution in [0.1, 0.15) is 10.5 Å². The van der Waals surface area contributed by atoms with Gasteiger partial charge >= 0.3 is 0 Å². The average Bonchev–Trinajstić information content (AvgIpc) is 3.09. The number of aromatic nitrogens is 2. The molecule has 3 heteroatoms. The number of carbonyl (C=O) groups is 1. The van der Waals surface area contributed by atoms with Gasteiger partial charge in [0.2, 0.25) is 0 Å². The molecule has 0 bridgehead atoms. The van der Waals surface area contributed by atoms with Crippen LogP contribution >= 0.6 is 0 Å². The molecule has 0 spiro atoms. The fourth-order valence-corrected chi connectivity index (χ4v) is 2.99. The van der Waals surface area contributed by atoms with Gasteiger partial charge < -0.3 is 0 Å². The zero-order valence-electron chi connectivity index (χ0n) is 13.5. The summed E-state index contributed by atoms with van der Waals surface area (Å²) in [7, 11) is 0. The topological polar surface area (TPSA) is 34.9 Å². The number of hydrogen-bond donors (Lipinski definition) is 0. The van der Waals surface area contributed by atoms with Gasteiger partial charge in [-0.2, -0.15) is 5.10 Å². The lowest BCUT2D eigenvalue weighted by Crippen LogP contribution is -2.01. The number of hydrogen-bond acceptors (Lipinski definition) is 2. The first-order valence-corrected chi connectivity index (χ1v) is 8.13. The van der Waals surface area contributed by atoms with Crippen molar-refractivity contribution in [2.24, 2.45) is 0 Å². The largest absolute Gasteiger partial charge is 0.296 e. The van der Waals surface area contributed by atoms with Crippen LogP contribution in [0.4, 0.5) is 0 Å². The minimum Gasteiger partial charge on any atom is -0.296 e. The number of nitrogens with zero attached hydrogens (tertiary/aromatic N) is 2. The number of rotatable bonds is 4. The molecule has 1 aromatic heterocycles. The summed E-state index contributed by atoms with van der Waals surface area (Å²) in [5.41, 5.74) is 5.04. The maximum Gasteiger partial charge on any atom is 0.169 e. The molecule has 0 aliphatic heterocycles. The Morgan fingerprint density at radius 1 is 0.680 bits per heavy atom. The smallest absolute Gasteiger partial charge is 0.169 e. The van der Waals surface area contributed by atoms with Gasteiger partial charge in [-0.15, -0.1) is 0 Å². The summed E-state index contributed by atoms with van der Waals surface area (Å²) in [5.74, 6) is 0. The molecule has 3 aromatic carbocycles. The Bertz CT molecular complexity index is 990. The average molecular weight is 324 g/mol. The summed E-state index contributed by atoms with van der Waals surface area (Å²) in [6.45, 7) is 0. The van der Waals surface area contributed by atoms with Crippen molar-refractivity contribution in [2.45, 2.75) is 0 Å². The Hall–Kier alpha value is -3.46. The summed E-state index contributed by atoms with van der Waals surface area (Å²) < 4.78 is 1.72. The molecule has 0 aliphatic rings. The molecule has 0 amide bonds. The van der Waals surface area contributed by atoms with Gasteiger partial charge in [-0.25, -0.2) is 4.68 Å². The Kier molecular flexibility index (Phi) is 3.97. The zero-order chi connectivity index (χ0) is 17.1. The standard InChI is InChI=1S/C22H16N2O/c25-16-20-21(17-10-4-1-5-11-17)22(18-12-6-2-7-13-18)23-24(20)19-14-8-3-9-15-19/h1-16H. The van der Waals surface area contributed by atoms with Crippen LogP contribution in [0.15, 0.2) is 91.0 Å². The Morgan fingerprint density at radius 2 is 1.20 bits per heavy atom. The minimum atomic E-state index is 0.552. The molecular weight excluding hydrogens is 308 g/mol. The van der Waals surface area contributed by atoms with Gasteiger partial charge in [0.05, 0.1) is 5.69 Å². The van der Waals surface area contributed by atoms with Crippen molar-refractivity contribution in [3.8, 4) is 28.1 Å². The van der Waals surface area contributed by atoms with Gasteiger partial charge in [0, 0.05) is 11.1 Å². The van der Waals surface area contributed by atoms with Gasteiger partial charge in [-0.3, -0.25) is 4.79 Å². The molecule has 0 unspecified atom stereocenters. The first kappa shape index (κ1) is 15.1. The third-order valence-electron chi connectivity index (χ3n) is 4.14. The SMILES string of the molecule is O=Cc1c(-c2ccccc2)c(-c2ccccc2)nn1-c1ccccc1. The molecule has 0 radical (unpaired) electrons. The molecule has 0 aliphatic carbocycles. The van der Waals surface area contributed by atoms with E-state index in [-0.39, 0.29) is 0 Å². The molecule has 1 heterocycles. The van der Waals surface area contributed by atoms with Gasteiger partial charge in [0.1, 0.15) is 11.4 Å². The van der Waals surface area contributed by atoms with Crippen LogP contribution < -0.4 is 0 Å². The highest BCUT2D eigenvalue weighted by Gasteiger charge is 2.20. The van der Waals surface area contributed by atoms with E-state index in [4.69, 9.17) is 5.10 Å². The third kappa shape index (κ3) is 2.76. The fourth-order valence-electron chi connectivity index (χ4n) is 2.99. The normalized spacial score (nSPS) is 10.6. The van der Waals surface area contributed by atoms with Gasteiger partial charge in [-0.05, 0) is 17.7 Å².